The molecule has 3 N–H and O–H groups in total. The van der Waals surface area contributed by atoms with E-state index in [1.165, 1.54) is 4.57 Å². The standard InChI is InChI=1S/C55H45N11O10S2/c1-32-17-45(77(2,69)70)43(41-13-15-58-50(32)41)26-65-24-37-12-10-35(22-57)55(53(37)62-65)75-31-47-60-39(25-64(47)28-49(67)68)18-38-19-46(78(3,71)72)44(42-14-16-59-51(38)42)27-66-23-36-11-9-34(21-56)54(52(36)61-66)74-30-40-20-48(63-76-40)73-29-33-7-5-4-6-8-33/h4-17,19-20,23-25,58-59H,18,26-31H2,1-3H3,(H,67,68). The third-order valence-electron chi connectivity index (χ3n) is 13.2. The molecule has 6 heterocycles. The van der Waals surface area contributed by atoms with Crippen LogP contribution in [0.5, 0.6) is 17.4 Å². The molecule has 0 fully saturated rings. The number of aryl methyl sites for hydroxylation is 1. The van der Waals surface area contributed by atoms with Crippen LogP contribution in [0.2, 0.25) is 0 Å². The van der Waals surface area contributed by atoms with E-state index in [1.54, 1.807) is 88.9 Å². The van der Waals surface area contributed by atoms with Crippen LogP contribution in [0.25, 0.3) is 43.6 Å². The number of nitrogens with one attached hydrogen (secondary N) is 2. The van der Waals surface area contributed by atoms with E-state index in [4.69, 9.17) is 33.9 Å². The largest absolute Gasteiger partial charge is 0.482 e. The lowest BCUT2D eigenvalue weighted by Gasteiger charge is -2.14. The fourth-order valence-electron chi connectivity index (χ4n) is 9.71. The smallest absolute Gasteiger partial charge is 0.323 e. The first-order valence-corrected chi connectivity index (χ1v) is 27.9. The molecule has 0 unspecified atom stereocenters. The summed E-state index contributed by atoms with van der Waals surface area (Å²) in [6.07, 6.45) is 10.8. The van der Waals surface area contributed by atoms with Crippen molar-refractivity contribution in [2.24, 2.45) is 0 Å². The number of nitrogens with zero attached hydrogens (tertiary/aromatic N) is 9. The number of imidazole rings is 1. The maximum Gasteiger partial charge on any atom is 0.323 e. The highest BCUT2D eigenvalue weighted by Crippen LogP contribution is 2.36. The maximum atomic E-state index is 13.7. The first-order valence-electron chi connectivity index (χ1n) is 24.1. The number of hydrogen-bond donors (Lipinski definition) is 3. The number of benzene rings is 5. The first-order chi connectivity index (χ1) is 37.5. The summed E-state index contributed by atoms with van der Waals surface area (Å²) in [4.78, 5) is 23.6. The lowest BCUT2D eigenvalue weighted by atomic mass is 10.0. The van der Waals surface area contributed by atoms with Crippen LogP contribution < -0.4 is 14.2 Å². The van der Waals surface area contributed by atoms with Gasteiger partial charge in [0.25, 0.3) is 5.88 Å². The van der Waals surface area contributed by atoms with E-state index in [1.807, 2.05) is 43.3 Å². The average molecular weight is 1080 g/mol. The molecule has 0 saturated carbocycles. The van der Waals surface area contributed by atoms with E-state index in [0.29, 0.717) is 60.9 Å². The fourth-order valence-corrected chi connectivity index (χ4v) is 11.7. The topological polar surface area (TPSA) is 292 Å². The number of nitriles is 2. The van der Waals surface area contributed by atoms with Crippen LogP contribution in [-0.2, 0) is 70.3 Å². The summed E-state index contributed by atoms with van der Waals surface area (Å²) in [6, 6.07) is 28.9. The summed E-state index contributed by atoms with van der Waals surface area (Å²) in [5.74, 6) is -0.0204. The predicted molar refractivity (Wildman–Crippen MR) is 283 cm³/mol. The lowest BCUT2D eigenvalue weighted by Crippen LogP contribution is -2.13. The second-order valence-electron chi connectivity index (χ2n) is 18.7. The molecule has 5 aromatic carbocycles. The number of carbonyl (C=O) groups is 1. The third kappa shape index (κ3) is 9.98. The Kier molecular flexibility index (Phi) is 13.0. The number of aromatic amines is 2. The molecule has 0 aliphatic carbocycles. The van der Waals surface area contributed by atoms with Gasteiger partial charge < -0.3 is 38.4 Å². The molecule has 11 rings (SSSR count). The van der Waals surface area contributed by atoms with Crippen LogP contribution in [0.15, 0.2) is 130 Å². The Morgan fingerprint density at radius 1 is 0.718 bits per heavy atom. The molecular formula is C55H45N11O10S2. The zero-order valence-corrected chi connectivity index (χ0v) is 43.5. The van der Waals surface area contributed by atoms with Crippen molar-refractivity contribution in [2.45, 2.75) is 62.6 Å². The molecule has 0 saturated heterocycles. The molecule has 0 radical (unpaired) electrons. The Labute approximate surface area is 444 Å². The van der Waals surface area contributed by atoms with Crippen molar-refractivity contribution >= 4 is 69.3 Å². The summed E-state index contributed by atoms with van der Waals surface area (Å²) >= 11 is 0. The SMILES string of the molecule is Cc1cc(S(C)(=O)=O)c(Cn2cc3ccc(C#N)c(OCc4nc(Cc5cc(S(C)(=O)=O)c(Cn6cc7ccc(C#N)c(OCc8cc(OCc9ccccc9)no8)c7n6)c6cc[nH]c56)cn4CC(=O)O)c3n2)c2cc[nH]c12. The van der Waals surface area contributed by atoms with Crippen molar-refractivity contribution in [3.63, 3.8) is 0 Å². The van der Waals surface area contributed by atoms with Gasteiger partial charge in [0.2, 0.25) is 0 Å². The van der Waals surface area contributed by atoms with E-state index < -0.39 is 32.2 Å². The molecule has 6 aromatic heterocycles. The normalized spacial score (nSPS) is 11.9. The van der Waals surface area contributed by atoms with Crippen molar-refractivity contribution < 1.29 is 45.5 Å². The van der Waals surface area contributed by atoms with Crippen LogP contribution in [0.1, 0.15) is 56.2 Å². The number of aromatic nitrogens is 9. The van der Waals surface area contributed by atoms with E-state index >= 15 is 0 Å². The zero-order chi connectivity index (χ0) is 54.5. The number of rotatable bonds is 19. The first kappa shape index (κ1) is 50.4. The van der Waals surface area contributed by atoms with Crippen molar-refractivity contribution in [3.8, 4) is 29.5 Å². The average Bonchev–Trinajstić information content (AvgIpc) is 4.37. The molecule has 11 aromatic rings. The quantitative estimate of drug-likeness (QED) is 0.0693. The van der Waals surface area contributed by atoms with Gasteiger partial charge in [0.15, 0.2) is 36.9 Å². The number of hydrogen-bond acceptors (Lipinski definition) is 15. The van der Waals surface area contributed by atoms with Gasteiger partial charge in [0.05, 0.1) is 39.7 Å². The van der Waals surface area contributed by atoms with Crippen LogP contribution in [-0.4, -0.2) is 84.7 Å². The number of ether oxygens (including phenoxy) is 3. The molecule has 0 amide bonds. The van der Waals surface area contributed by atoms with Gasteiger partial charge in [-0.3, -0.25) is 14.2 Å². The minimum atomic E-state index is -3.90. The van der Waals surface area contributed by atoms with Crippen LogP contribution in [0.3, 0.4) is 0 Å². The van der Waals surface area contributed by atoms with E-state index in [9.17, 15) is 37.3 Å². The Bertz CT molecular complexity index is 4500. The highest BCUT2D eigenvalue weighted by atomic mass is 32.2. The predicted octanol–water partition coefficient (Wildman–Crippen LogP) is 7.90. The molecule has 0 bridgehead atoms. The van der Waals surface area contributed by atoms with Crippen molar-refractivity contribution in [1.29, 1.82) is 10.5 Å². The summed E-state index contributed by atoms with van der Waals surface area (Å²) < 4.78 is 81.7. The van der Waals surface area contributed by atoms with Gasteiger partial charge in [-0.15, -0.1) is 0 Å². The Hall–Kier alpha value is -9.71. The number of fused-ring (bicyclic) bond motifs is 4. The number of sulfone groups is 2. The Balaban J connectivity index is 0.859. The van der Waals surface area contributed by atoms with Crippen LogP contribution >= 0.6 is 0 Å². The minimum absolute atomic E-state index is 0.00605. The lowest BCUT2D eigenvalue weighted by molar-refractivity contribution is -0.137. The third-order valence-corrected chi connectivity index (χ3v) is 15.5. The molecule has 23 heteroatoms. The molecule has 0 aliphatic heterocycles. The van der Waals surface area contributed by atoms with Gasteiger partial charge in [-0.05, 0) is 77.3 Å². The second kappa shape index (κ2) is 20.1. The number of H-pyrrole nitrogens is 2. The minimum Gasteiger partial charge on any atom is -0.482 e. The molecule has 0 atom stereocenters. The van der Waals surface area contributed by atoms with Crippen LogP contribution in [0.4, 0.5) is 0 Å². The van der Waals surface area contributed by atoms with Crippen molar-refractivity contribution in [3.05, 3.63) is 172 Å². The van der Waals surface area contributed by atoms with Gasteiger partial charge in [-0.1, -0.05) is 30.3 Å². The van der Waals surface area contributed by atoms with Gasteiger partial charge in [-0.25, -0.2) is 21.8 Å². The molecule has 21 nitrogen and oxygen atoms in total. The summed E-state index contributed by atoms with van der Waals surface area (Å²) in [5.41, 5.74) is 6.14. The zero-order valence-electron chi connectivity index (χ0n) is 41.9. The van der Waals surface area contributed by atoms with Crippen LogP contribution in [0, 0.1) is 29.6 Å². The summed E-state index contributed by atoms with van der Waals surface area (Å²) in [6.45, 7) is 1.34. The highest BCUT2D eigenvalue weighted by molar-refractivity contribution is 7.91. The highest BCUT2D eigenvalue weighted by Gasteiger charge is 2.25. The van der Waals surface area contributed by atoms with Gasteiger partial charge in [0, 0.05) is 99.7 Å². The number of carboxylic acid groups (broad SMARTS) is 1. The summed E-state index contributed by atoms with van der Waals surface area (Å²) in [5, 5.41) is 46.3. The molecule has 392 valence electrons. The Morgan fingerprint density at radius 3 is 1.91 bits per heavy atom. The second-order valence-corrected chi connectivity index (χ2v) is 22.7. The van der Waals surface area contributed by atoms with Gasteiger partial charge in [-0.2, -0.15) is 20.7 Å². The summed E-state index contributed by atoms with van der Waals surface area (Å²) in [7, 11) is -7.53. The maximum absolute atomic E-state index is 13.7. The van der Waals surface area contributed by atoms with E-state index in [2.05, 4.69) is 27.3 Å². The molecule has 78 heavy (non-hydrogen) atoms. The van der Waals surface area contributed by atoms with Crippen molar-refractivity contribution in [2.75, 3.05) is 12.5 Å². The van der Waals surface area contributed by atoms with Gasteiger partial charge in [0.1, 0.15) is 55.4 Å². The monoisotopic (exact) mass is 1080 g/mol. The molecular weight excluding hydrogens is 1040 g/mol. The van der Waals surface area contributed by atoms with E-state index in [-0.39, 0.29) is 83.5 Å². The number of carboxylic acids is 1. The van der Waals surface area contributed by atoms with E-state index in [0.717, 1.165) is 34.5 Å². The van der Waals surface area contributed by atoms with Gasteiger partial charge >= 0.3 is 5.97 Å². The molecule has 0 spiro atoms. The fraction of sp³-hybridized carbons (Fsp3) is 0.182. The Morgan fingerprint density at radius 2 is 1.31 bits per heavy atom. The van der Waals surface area contributed by atoms with Crippen molar-refractivity contribution in [1.82, 2.24) is 44.2 Å². The number of aliphatic carboxylic acids is 1. The molecule has 0 aliphatic rings.